The molecule has 0 heterocycles. The molecule has 0 aliphatic rings. The van der Waals surface area contributed by atoms with Gasteiger partial charge in [-0.3, -0.25) is 4.79 Å². The van der Waals surface area contributed by atoms with Crippen molar-refractivity contribution in [3.8, 4) is 0 Å². The molecule has 66 valence electrons. The largest absolute Gasteiger partial charge is 0.451 e. The first-order valence-electron chi connectivity index (χ1n) is 3.65. The molecule has 0 aromatic carbocycles. The maximum absolute atomic E-state index is 11.0. The van der Waals surface area contributed by atoms with Gasteiger partial charge in [-0.2, -0.15) is 0 Å². The molecule has 0 fully saturated rings. The molecule has 0 aliphatic carbocycles. The smallest absolute Gasteiger partial charge is 0.307 e. The van der Waals surface area contributed by atoms with Crippen LogP contribution in [0, 0.1) is 5.41 Å². The van der Waals surface area contributed by atoms with E-state index in [0.717, 1.165) is 0 Å². The minimum Gasteiger partial charge on any atom is -0.451 e. The van der Waals surface area contributed by atoms with Crippen LogP contribution in [0.25, 0.3) is 0 Å². The minimum atomic E-state index is -0.183. The Morgan fingerprint density at radius 2 is 2.00 bits per heavy atom. The number of halogens is 1. The number of esters is 1. The van der Waals surface area contributed by atoms with E-state index in [2.05, 4.69) is 15.9 Å². The maximum atomic E-state index is 11.0. The van der Waals surface area contributed by atoms with Crippen LogP contribution in [0.5, 0.6) is 0 Å². The van der Waals surface area contributed by atoms with Gasteiger partial charge in [-0.05, 0) is 28.3 Å². The Morgan fingerprint density at radius 3 is 2.27 bits per heavy atom. The molecule has 0 aromatic rings. The van der Waals surface area contributed by atoms with E-state index in [1.54, 1.807) is 6.92 Å². The molecule has 0 radical (unpaired) electrons. The van der Waals surface area contributed by atoms with Crippen molar-refractivity contribution in [3.63, 3.8) is 0 Å². The molecular formula is C8H15BrO2. The van der Waals surface area contributed by atoms with Gasteiger partial charge in [0.25, 0.3) is 0 Å². The van der Waals surface area contributed by atoms with Gasteiger partial charge in [0, 0.05) is 0 Å². The summed E-state index contributed by atoms with van der Waals surface area (Å²) < 4.78 is 4.90. The average molecular weight is 223 g/mol. The van der Waals surface area contributed by atoms with Gasteiger partial charge in [0.15, 0.2) is 5.01 Å². The van der Waals surface area contributed by atoms with E-state index >= 15 is 0 Å². The van der Waals surface area contributed by atoms with E-state index in [4.69, 9.17) is 4.74 Å². The summed E-state index contributed by atoms with van der Waals surface area (Å²) in [5.41, 5.74) is 0.0129. The van der Waals surface area contributed by atoms with Gasteiger partial charge in [-0.25, -0.2) is 0 Å². The highest BCUT2D eigenvalue weighted by Crippen LogP contribution is 2.19. The van der Waals surface area contributed by atoms with Crippen molar-refractivity contribution in [1.82, 2.24) is 0 Å². The van der Waals surface area contributed by atoms with Crippen molar-refractivity contribution in [3.05, 3.63) is 0 Å². The van der Waals surface area contributed by atoms with Crippen molar-refractivity contribution < 1.29 is 9.53 Å². The summed E-state index contributed by atoms with van der Waals surface area (Å²) in [6.07, 6.45) is 0.461. The Morgan fingerprint density at radius 1 is 1.55 bits per heavy atom. The van der Waals surface area contributed by atoms with E-state index in [9.17, 15) is 4.79 Å². The van der Waals surface area contributed by atoms with Crippen molar-refractivity contribution in [2.45, 2.75) is 39.1 Å². The molecular weight excluding hydrogens is 208 g/mol. The summed E-state index contributed by atoms with van der Waals surface area (Å²) in [5, 5.41) is -0.183. The average Bonchev–Trinajstić information content (AvgIpc) is 1.53. The maximum Gasteiger partial charge on any atom is 0.307 e. The van der Waals surface area contributed by atoms with E-state index in [1.807, 2.05) is 20.8 Å². The third-order valence-electron chi connectivity index (χ3n) is 0.969. The normalized spacial score (nSPS) is 14.3. The molecule has 2 nitrogen and oxygen atoms in total. The number of hydrogen-bond donors (Lipinski definition) is 0. The number of hydrogen-bond acceptors (Lipinski definition) is 2. The Bertz CT molecular complexity index is 136. The predicted molar refractivity (Wildman–Crippen MR) is 48.6 cm³/mol. The molecule has 0 rings (SSSR count). The molecule has 11 heavy (non-hydrogen) atoms. The number of carbonyl (C=O) groups is 1. The first kappa shape index (κ1) is 11.0. The van der Waals surface area contributed by atoms with Crippen molar-refractivity contribution in [2.75, 3.05) is 0 Å². The quantitative estimate of drug-likeness (QED) is 0.531. The van der Waals surface area contributed by atoms with Crippen LogP contribution in [-0.4, -0.2) is 11.0 Å². The second-order valence-electron chi connectivity index (χ2n) is 3.77. The van der Waals surface area contributed by atoms with Gasteiger partial charge in [0.2, 0.25) is 0 Å². The summed E-state index contributed by atoms with van der Waals surface area (Å²) in [7, 11) is 0. The van der Waals surface area contributed by atoms with Crippen molar-refractivity contribution >= 4 is 21.9 Å². The van der Waals surface area contributed by atoms with E-state index in [0.29, 0.717) is 6.42 Å². The van der Waals surface area contributed by atoms with E-state index in [1.165, 1.54) is 0 Å². The fourth-order valence-electron chi connectivity index (χ4n) is 0.656. The number of alkyl halides is 1. The third kappa shape index (κ3) is 7.85. The summed E-state index contributed by atoms with van der Waals surface area (Å²) >= 11 is 3.14. The van der Waals surface area contributed by atoms with Gasteiger partial charge < -0.3 is 4.74 Å². The molecule has 0 amide bonds. The zero-order valence-corrected chi connectivity index (χ0v) is 9.06. The number of carbonyl (C=O) groups excluding carboxylic acids is 1. The van der Waals surface area contributed by atoms with Crippen molar-refractivity contribution in [1.29, 1.82) is 0 Å². The van der Waals surface area contributed by atoms with Crippen LogP contribution in [0.2, 0.25) is 0 Å². The molecule has 1 atom stereocenters. The number of ether oxygens (including phenoxy) is 1. The minimum absolute atomic E-state index is 0.0129. The summed E-state index contributed by atoms with van der Waals surface area (Å²) in [5.74, 6) is -0.151. The summed E-state index contributed by atoms with van der Waals surface area (Å²) in [6, 6.07) is 0. The lowest BCUT2D eigenvalue weighted by Gasteiger charge is -2.17. The van der Waals surface area contributed by atoms with Crippen LogP contribution in [0.1, 0.15) is 34.1 Å². The molecule has 0 saturated heterocycles. The fraction of sp³-hybridized carbons (Fsp3) is 0.875. The van der Waals surface area contributed by atoms with Crippen LogP contribution in [-0.2, 0) is 9.53 Å². The summed E-state index contributed by atoms with van der Waals surface area (Å²) in [4.78, 5) is 11.0. The van der Waals surface area contributed by atoms with Crippen LogP contribution >= 0.6 is 15.9 Å². The predicted octanol–water partition coefficient (Wildman–Crippen LogP) is 2.71. The molecule has 0 bridgehead atoms. The summed E-state index contributed by atoms with van der Waals surface area (Å²) in [6.45, 7) is 7.80. The zero-order chi connectivity index (χ0) is 9.07. The van der Waals surface area contributed by atoms with Gasteiger partial charge in [0.05, 0.1) is 6.42 Å². The zero-order valence-electron chi connectivity index (χ0n) is 7.48. The standard InChI is InChI=1S/C8H15BrO2/c1-6(9)11-7(10)5-8(2,3)4/h6H,5H2,1-4H3. The Balaban J connectivity index is 3.71. The second-order valence-corrected chi connectivity index (χ2v) is 5.06. The van der Waals surface area contributed by atoms with Crippen LogP contribution in [0.4, 0.5) is 0 Å². The van der Waals surface area contributed by atoms with Crippen LogP contribution in [0.15, 0.2) is 0 Å². The molecule has 1 unspecified atom stereocenters. The van der Waals surface area contributed by atoms with Gasteiger partial charge >= 0.3 is 5.97 Å². The Labute approximate surface area is 76.4 Å². The Hall–Kier alpha value is -0.0500. The molecule has 0 spiro atoms. The second kappa shape index (κ2) is 4.10. The monoisotopic (exact) mass is 222 g/mol. The molecule has 3 heteroatoms. The van der Waals surface area contributed by atoms with Gasteiger partial charge in [0.1, 0.15) is 0 Å². The first-order chi connectivity index (χ1) is 4.81. The molecule has 0 aromatic heterocycles. The SMILES string of the molecule is CC(Br)OC(=O)CC(C)(C)C. The Kier molecular flexibility index (Phi) is 4.08. The number of rotatable bonds is 2. The van der Waals surface area contributed by atoms with Crippen molar-refractivity contribution in [2.24, 2.45) is 5.41 Å². The lowest BCUT2D eigenvalue weighted by Crippen LogP contribution is -2.17. The highest BCUT2D eigenvalue weighted by Gasteiger charge is 2.17. The highest BCUT2D eigenvalue weighted by atomic mass is 79.9. The molecule has 0 N–H and O–H groups in total. The molecule has 0 aliphatic heterocycles. The lowest BCUT2D eigenvalue weighted by molar-refractivity contribution is -0.146. The topological polar surface area (TPSA) is 26.3 Å². The van der Waals surface area contributed by atoms with E-state index < -0.39 is 0 Å². The van der Waals surface area contributed by atoms with Crippen LogP contribution in [0.3, 0.4) is 0 Å². The van der Waals surface area contributed by atoms with Gasteiger partial charge in [-0.1, -0.05) is 20.8 Å². The fourth-order valence-corrected chi connectivity index (χ4v) is 0.864. The van der Waals surface area contributed by atoms with Crippen LogP contribution < -0.4 is 0 Å². The highest BCUT2D eigenvalue weighted by molar-refractivity contribution is 9.09. The van der Waals surface area contributed by atoms with Gasteiger partial charge in [-0.15, -0.1) is 0 Å². The third-order valence-corrected chi connectivity index (χ3v) is 1.16. The lowest BCUT2D eigenvalue weighted by atomic mass is 9.93. The van der Waals surface area contributed by atoms with E-state index in [-0.39, 0.29) is 16.4 Å². The first-order valence-corrected chi connectivity index (χ1v) is 4.56. The molecule has 0 saturated carbocycles.